The van der Waals surface area contributed by atoms with E-state index in [-0.39, 0.29) is 5.54 Å². The van der Waals surface area contributed by atoms with Gasteiger partial charge in [0, 0.05) is 37.8 Å². The summed E-state index contributed by atoms with van der Waals surface area (Å²) in [6.45, 7) is 11.1. The average Bonchev–Trinajstić information content (AvgIpc) is 2.17. The molecule has 1 rings (SSSR count). The van der Waals surface area contributed by atoms with Gasteiger partial charge in [-0.15, -0.1) is 0 Å². The van der Waals surface area contributed by atoms with Crippen LogP contribution in [0.4, 0.5) is 0 Å². The highest BCUT2D eigenvalue weighted by Crippen LogP contribution is 2.24. The van der Waals surface area contributed by atoms with Crippen LogP contribution in [0.15, 0.2) is 0 Å². The van der Waals surface area contributed by atoms with Gasteiger partial charge in [-0.25, -0.2) is 0 Å². The van der Waals surface area contributed by atoms with Crippen molar-refractivity contribution in [2.45, 2.75) is 45.2 Å². The molecule has 0 spiro atoms. The molecular weight excluding hydrogens is 186 g/mol. The van der Waals surface area contributed by atoms with Gasteiger partial charge in [-0.1, -0.05) is 13.3 Å². The molecule has 3 nitrogen and oxygen atoms in total. The molecule has 2 unspecified atom stereocenters. The summed E-state index contributed by atoms with van der Waals surface area (Å²) in [6.07, 6.45) is 2.42. The van der Waals surface area contributed by atoms with Gasteiger partial charge in [-0.2, -0.15) is 0 Å². The van der Waals surface area contributed by atoms with E-state index in [9.17, 15) is 0 Å². The molecule has 3 heteroatoms. The smallest absolute Gasteiger partial charge is 0.0307 e. The Bertz CT molecular complexity index is 195. The van der Waals surface area contributed by atoms with Crippen LogP contribution in [0.5, 0.6) is 0 Å². The van der Waals surface area contributed by atoms with Crippen LogP contribution < -0.4 is 5.73 Å². The lowest BCUT2D eigenvalue weighted by Gasteiger charge is -2.49. The van der Waals surface area contributed by atoms with Crippen LogP contribution in [0.3, 0.4) is 0 Å². The van der Waals surface area contributed by atoms with Gasteiger partial charge >= 0.3 is 0 Å². The number of nitrogens with zero attached hydrogens (tertiary/aromatic N) is 2. The van der Waals surface area contributed by atoms with Crippen LogP contribution >= 0.6 is 0 Å². The molecule has 90 valence electrons. The molecular formula is C12H27N3. The van der Waals surface area contributed by atoms with Crippen molar-refractivity contribution in [1.82, 2.24) is 9.80 Å². The maximum absolute atomic E-state index is 5.97. The van der Waals surface area contributed by atoms with Crippen LogP contribution in [0, 0.1) is 0 Å². The van der Waals surface area contributed by atoms with Crippen LogP contribution in [-0.4, -0.2) is 54.6 Å². The highest BCUT2D eigenvalue weighted by molar-refractivity contribution is 4.93. The Morgan fingerprint density at radius 3 is 2.53 bits per heavy atom. The van der Waals surface area contributed by atoms with Crippen LogP contribution in [0.2, 0.25) is 0 Å². The third-order valence-electron chi connectivity index (χ3n) is 3.75. The summed E-state index contributed by atoms with van der Waals surface area (Å²) in [7, 11) is 2.20. The summed E-state index contributed by atoms with van der Waals surface area (Å²) >= 11 is 0. The minimum Gasteiger partial charge on any atom is -0.329 e. The largest absolute Gasteiger partial charge is 0.329 e. The maximum Gasteiger partial charge on any atom is 0.0307 e. The summed E-state index contributed by atoms with van der Waals surface area (Å²) < 4.78 is 0. The molecule has 0 radical (unpaired) electrons. The quantitative estimate of drug-likeness (QED) is 0.760. The van der Waals surface area contributed by atoms with E-state index in [1.165, 1.54) is 25.9 Å². The molecule has 0 aromatic heterocycles. The van der Waals surface area contributed by atoms with Crippen molar-refractivity contribution in [2.75, 3.05) is 33.2 Å². The lowest BCUT2D eigenvalue weighted by Crippen LogP contribution is -2.62. The summed E-state index contributed by atoms with van der Waals surface area (Å²) in [5.74, 6) is 0. The molecule has 1 aliphatic heterocycles. The topological polar surface area (TPSA) is 32.5 Å². The Kier molecular flexibility index (Phi) is 4.56. The van der Waals surface area contributed by atoms with Crippen molar-refractivity contribution in [2.24, 2.45) is 5.73 Å². The first-order chi connectivity index (χ1) is 7.03. The molecule has 1 fully saturated rings. The highest BCUT2D eigenvalue weighted by atomic mass is 15.3. The Balaban J connectivity index is 2.67. The molecule has 0 aliphatic carbocycles. The van der Waals surface area contributed by atoms with E-state index < -0.39 is 0 Å². The molecule has 0 aromatic carbocycles. The zero-order valence-electron chi connectivity index (χ0n) is 10.8. The minimum absolute atomic E-state index is 0.204. The van der Waals surface area contributed by atoms with Crippen LogP contribution in [0.1, 0.15) is 33.6 Å². The summed E-state index contributed by atoms with van der Waals surface area (Å²) in [5, 5.41) is 0. The highest BCUT2D eigenvalue weighted by Gasteiger charge is 2.35. The molecule has 1 aliphatic rings. The van der Waals surface area contributed by atoms with Crippen molar-refractivity contribution in [3.63, 3.8) is 0 Å². The standard InChI is InChI=1S/C12H27N3/c1-5-6-12(3,10-13)15-8-7-14(4)9-11(15)2/h11H,5-10,13H2,1-4H3. The van der Waals surface area contributed by atoms with E-state index in [1.54, 1.807) is 0 Å². The Labute approximate surface area is 94.6 Å². The number of piperazine rings is 1. The van der Waals surface area contributed by atoms with Gasteiger partial charge in [0.2, 0.25) is 0 Å². The number of likely N-dealkylation sites (N-methyl/N-ethyl adjacent to an activating group) is 1. The van der Waals surface area contributed by atoms with Gasteiger partial charge in [0.25, 0.3) is 0 Å². The van der Waals surface area contributed by atoms with E-state index >= 15 is 0 Å². The predicted molar refractivity (Wildman–Crippen MR) is 66.0 cm³/mol. The first-order valence-corrected chi connectivity index (χ1v) is 6.19. The van der Waals surface area contributed by atoms with Gasteiger partial charge in [0.05, 0.1) is 0 Å². The second-order valence-corrected chi connectivity index (χ2v) is 5.26. The van der Waals surface area contributed by atoms with Crippen LogP contribution in [-0.2, 0) is 0 Å². The van der Waals surface area contributed by atoms with Gasteiger partial charge in [-0.05, 0) is 27.3 Å². The molecule has 1 heterocycles. The SMILES string of the molecule is CCCC(C)(CN)N1CCN(C)CC1C. The van der Waals surface area contributed by atoms with Gasteiger partial charge < -0.3 is 10.6 Å². The average molecular weight is 213 g/mol. The summed E-state index contributed by atoms with van der Waals surface area (Å²) in [4.78, 5) is 5.01. The normalized spacial score (nSPS) is 29.0. The Morgan fingerprint density at radius 1 is 1.40 bits per heavy atom. The lowest BCUT2D eigenvalue weighted by atomic mass is 9.91. The third-order valence-corrected chi connectivity index (χ3v) is 3.75. The second-order valence-electron chi connectivity index (χ2n) is 5.26. The molecule has 15 heavy (non-hydrogen) atoms. The fraction of sp³-hybridized carbons (Fsp3) is 1.00. The van der Waals surface area contributed by atoms with Crippen molar-refractivity contribution >= 4 is 0 Å². The molecule has 1 saturated heterocycles. The van der Waals surface area contributed by atoms with Crippen molar-refractivity contribution in [3.8, 4) is 0 Å². The zero-order valence-corrected chi connectivity index (χ0v) is 10.8. The summed E-state index contributed by atoms with van der Waals surface area (Å²) in [5.41, 5.74) is 6.17. The van der Waals surface area contributed by atoms with Crippen molar-refractivity contribution < 1.29 is 0 Å². The van der Waals surface area contributed by atoms with Crippen molar-refractivity contribution in [1.29, 1.82) is 0 Å². The summed E-state index contributed by atoms with van der Waals surface area (Å²) in [6, 6.07) is 0.629. The Hall–Kier alpha value is -0.120. The third kappa shape index (κ3) is 2.92. The first-order valence-electron chi connectivity index (χ1n) is 6.19. The monoisotopic (exact) mass is 213 g/mol. The zero-order chi connectivity index (χ0) is 11.5. The second kappa shape index (κ2) is 5.28. The van der Waals surface area contributed by atoms with Crippen LogP contribution in [0.25, 0.3) is 0 Å². The maximum atomic E-state index is 5.97. The van der Waals surface area contributed by atoms with E-state index in [1.807, 2.05) is 0 Å². The van der Waals surface area contributed by atoms with Gasteiger partial charge in [0.1, 0.15) is 0 Å². The van der Waals surface area contributed by atoms with E-state index in [0.717, 1.165) is 13.1 Å². The molecule has 2 atom stereocenters. The molecule has 2 N–H and O–H groups in total. The molecule has 0 aromatic rings. The van der Waals surface area contributed by atoms with E-state index in [0.29, 0.717) is 6.04 Å². The first kappa shape index (κ1) is 12.9. The molecule has 0 amide bonds. The molecule has 0 saturated carbocycles. The number of nitrogens with two attached hydrogens (primary N) is 1. The number of hydrogen-bond acceptors (Lipinski definition) is 3. The minimum atomic E-state index is 0.204. The Morgan fingerprint density at radius 2 is 2.07 bits per heavy atom. The fourth-order valence-corrected chi connectivity index (χ4v) is 2.84. The number of hydrogen-bond donors (Lipinski definition) is 1. The van der Waals surface area contributed by atoms with E-state index in [4.69, 9.17) is 5.73 Å². The number of rotatable bonds is 4. The lowest BCUT2D eigenvalue weighted by molar-refractivity contribution is 0.00782. The van der Waals surface area contributed by atoms with Gasteiger partial charge in [-0.3, -0.25) is 4.90 Å². The van der Waals surface area contributed by atoms with Gasteiger partial charge in [0.15, 0.2) is 0 Å². The predicted octanol–water partition coefficient (Wildman–Crippen LogP) is 1.14. The van der Waals surface area contributed by atoms with E-state index in [2.05, 4.69) is 37.6 Å². The van der Waals surface area contributed by atoms with Crippen molar-refractivity contribution in [3.05, 3.63) is 0 Å². The fourth-order valence-electron chi connectivity index (χ4n) is 2.84. The molecule has 0 bridgehead atoms.